The van der Waals surface area contributed by atoms with Crippen LogP contribution in [0.3, 0.4) is 0 Å². The molecule has 0 fully saturated rings. The normalized spacial score (nSPS) is 21.7. The van der Waals surface area contributed by atoms with Crippen LogP contribution in [0.15, 0.2) is 59.2 Å². The van der Waals surface area contributed by atoms with E-state index >= 15 is 0 Å². The van der Waals surface area contributed by atoms with Crippen LogP contribution in [0.1, 0.15) is 45.1 Å². The lowest BCUT2D eigenvalue weighted by Crippen LogP contribution is -2.31. The number of benzene rings is 1. The van der Waals surface area contributed by atoms with Gasteiger partial charge < -0.3 is 4.74 Å². The number of hydrogen-bond donors (Lipinski definition) is 0. The zero-order valence-electron chi connectivity index (χ0n) is 13.1. The Morgan fingerprint density at radius 3 is 2.67 bits per heavy atom. The molecule has 0 amide bonds. The molecule has 0 radical (unpaired) electrons. The maximum atomic E-state index is 6.00. The van der Waals surface area contributed by atoms with Crippen molar-refractivity contribution in [1.29, 1.82) is 0 Å². The van der Waals surface area contributed by atoms with Gasteiger partial charge in [0, 0.05) is 19.2 Å². The van der Waals surface area contributed by atoms with Crippen LogP contribution in [0.25, 0.3) is 0 Å². The largest absolute Gasteiger partial charge is 0.371 e. The maximum Gasteiger partial charge on any atom is 0.0901 e. The highest BCUT2D eigenvalue weighted by molar-refractivity contribution is 5.80. The van der Waals surface area contributed by atoms with Crippen LogP contribution in [-0.4, -0.2) is 18.4 Å². The highest BCUT2D eigenvalue weighted by atomic mass is 16.5. The molecule has 2 rings (SSSR count). The van der Waals surface area contributed by atoms with E-state index < -0.39 is 0 Å². The summed E-state index contributed by atoms with van der Waals surface area (Å²) in [5.41, 5.74) is 2.03. The fourth-order valence-electron chi connectivity index (χ4n) is 2.56. The SMILES string of the molecule is CCCCC1(OCC)C=CC(N=Cc2ccccc2)=CC1. The minimum atomic E-state index is -0.115. The van der Waals surface area contributed by atoms with Crippen LogP contribution in [0, 0.1) is 0 Å². The topological polar surface area (TPSA) is 21.6 Å². The molecule has 0 saturated heterocycles. The van der Waals surface area contributed by atoms with Crippen molar-refractivity contribution in [3.05, 3.63) is 59.8 Å². The van der Waals surface area contributed by atoms with Gasteiger partial charge in [-0.05, 0) is 25.0 Å². The van der Waals surface area contributed by atoms with E-state index in [-0.39, 0.29) is 5.60 Å². The predicted octanol–water partition coefficient (Wildman–Crippen LogP) is 4.91. The predicted molar refractivity (Wildman–Crippen MR) is 89.8 cm³/mol. The summed E-state index contributed by atoms with van der Waals surface area (Å²) in [5, 5.41) is 0. The first-order valence-corrected chi connectivity index (χ1v) is 7.90. The molecular formula is C19H25NO. The molecule has 0 heterocycles. The summed E-state index contributed by atoms with van der Waals surface area (Å²) in [7, 11) is 0. The molecule has 2 heteroatoms. The molecule has 0 aliphatic heterocycles. The van der Waals surface area contributed by atoms with E-state index in [0.717, 1.165) is 30.7 Å². The van der Waals surface area contributed by atoms with Crippen molar-refractivity contribution in [2.45, 2.75) is 45.1 Å². The number of ether oxygens (including phenoxy) is 1. The van der Waals surface area contributed by atoms with E-state index in [0.29, 0.717) is 0 Å². The van der Waals surface area contributed by atoms with E-state index in [2.05, 4.69) is 49.2 Å². The Bertz CT molecular complexity index is 516. The maximum absolute atomic E-state index is 6.00. The fourth-order valence-corrected chi connectivity index (χ4v) is 2.56. The van der Waals surface area contributed by atoms with Crippen molar-refractivity contribution < 1.29 is 4.74 Å². The van der Waals surface area contributed by atoms with Crippen LogP contribution in [0.4, 0.5) is 0 Å². The average Bonchev–Trinajstić information content (AvgIpc) is 2.54. The average molecular weight is 283 g/mol. The number of allylic oxidation sites excluding steroid dienone is 1. The molecule has 0 spiro atoms. The van der Waals surface area contributed by atoms with E-state index in [1.807, 2.05) is 24.4 Å². The van der Waals surface area contributed by atoms with Gasteiger partial charge in [0.05, 0.1) is 11.3 Å². The third kappa shape index (κ3) is 4.68. The molecule has 1 aliphatic carbocycles. The van der Waals surface area contributed by atoms with Crippen LogP contribution in [0.5, 0.6) is 0 Å². The van der Waals surface area contributed by atoms with Crippen molar-refractivity contribution in [3.63, 3.8) is 0 Å². The summed E-state index contributed by atoms with van der Waals surface area (Å²) in [6, 6.07) is 10.2. The number of unbranched alkanes of at least 4 members (excludes halogenated alkanes) is 1. The summed E-state index contributed by atoms with van der Waals surface area (Å²) in [4.78, 5) is 4.55. The Hall–Kier alpha value is -1.67. The van der Waals surface area contributed by atoms with Crippen molar-refractivity contribution in [1.82, 2.24) is 0 Å². The highest BCUT2D eigenvalue weighted by Gasteiger charge is 2.27. The van der Waals surface area contributed by atoms with Gasteiger partial charge in [-0.15, -0.1) is 0 Å². The lowest BCUT2D eigenvalue weighted by atomic mass is 9.88. The molecule has 1 aliphatic rings. The molecule has 1 atom stereocenters. The Kier molecular flexibility index (Phi) is 5.94. The van der Waals surface area contributed by atoms with Gasteiger partial charge in [-0.25, -0.2) is 0 Å². The fraction of sp³-hybridized carbons (Fsp3) is 0.421. The van der Waals surface area contributed by atoms with E-state index in [1.165, 1.54) is 12.8 Å². The van der Waals surface area contributed by atoms with Gasteiger partial charge in [-0.3, -0.25) is 4.99 Å². The minimum Gasteiger partial charge on any atom is -0.371 e. The smallest absolute Gasteiger partial charge is 0.0901 e. The zero-order valence-corrected chi connectivity index (χ0v) is 13.1. The van der Waals surface area contributed by atoms with Gasteiger partial charge in [-0.2, -0.15) is 0 Å². The van der Waals surface area contributed by atoms with Crippen LogP contribution < -0.4 is 0 Å². The van der Waals surface area contributed by atoms with Crippen molar-refractivity contribution in [3.8, 4) is 0 Å². The molecule has 0 aromatic heterocycles. The molecule has 0 N–H and O–H groups in total. The summed E-state index contributed by atoms with van der Waals surface area (Å²) >= 11 is 0. The number of hydrogen-bond acceptors (Lipinski definition) is 2. The first-order chi connectivity index (χ1) is 10.3. The second kappa shape index (κ2) is 7.94. The Morgan fingerprint density at radius 2 is 2.05 bits per heavy atom. The second-order valence-electron chi connectivity index (χ2n) is 5.44. The molecule has 0 bridgehead atoms. The molecule has 1 aromatic carbocycles. The first kappa shape index (κ1) is 15.7. The molecule has 0 saturated carbocycles. The van der Waals surface area contributed by atoms with Crippen LogP contribution >= 0.6 is 0 Å². The molecular weight excluding hydrogens is 258 g/mol. The standard InChI is InChI=1S/C19H25NO/c1-3-5-13-19(21-4-2)14-11-18(12-15-19)20-16-17-9-7-6-8-10-17/h6-12,14,16H,3-5,13,15H2,1-2H3. The molecule has 2 nitrogen and oxygen atoms in total. The minimum absolute atomic E-state index is 0.115. The number of aliphatic imine (C=N–C) groups is 1. The Labute approximate surface area is 128 Å². The molecule has 1 unspecified atom stereocenters. The quantitative estimate of drug-likeness (QED) is 0.651. The van der Waals surface area contributed by atoms with Crippen molar-refractivity contribution in [2.24, 2.45) is 4.99 Å². The molecule has 1 aromatic rings. The van der Waals surface area contributed by atoms with Gasteiger partial charge in [0.25, 0.3) is 0 Å². The van der Waals surface area contributed by atoms with Gasteiger partial charge in [0.2, 0.25) is 0 Å². The van der Waals surface area contributed by atoms with E-state index in [4.69, 9.17) is 4.74 Å². The van der Waals surface area contributed by atoms with Gasteiger partial charge in [0.15, 0.2) is 0 Å². The first-order valence-electron chi connectivity index (χ1n) is 7.90. The highest BCUT2D eigenvalue weighted by Crippen LogP contribution is 2.30. The second-order valence-corrected chi connectivity index (χ2v) is 5.44. The van der Waals surface area contributed by atoms with Crippen LogP contribution in [0.2, 0.25) is 0 Å². The van der Waals surface area contributed by atoms with Crippen LogP contribution in [-0.2, 0) is 4.74 Å². The van der Waals surface area contributed by atoms with Gasteiger partial charge in [0.1, 0.15) is 0 Å². The Morgan fingerprint density at radius 1 is 1.24 bits per heavy atom. The molecule has 21 heavy (non-hydrogen) atoms. The van der Waals surface area contributed by atoms with Gasteiger partial charge >= 0.3 is 0 Å². The van der Waals surface area contributed by atoms with Crippen molar-refractivity contribution >= 4 is 6.21 Å². The van der Waals surface area contributed by atoms with E-state index in [1.54, 1.807) is 0 Å². The third-order valence-electron chi connectivity index (χ3n) is 3.76. The lowest BCUT2D eigenvalue weighted by molar-refractivity contribution is -0.00746. The lowest BCUT2D eigenvalue weighted by Gasteiger charge is -2.31. The Balaban J connectivity index is 2.00. The molecule has 112 valence electrons. The zero-order chi connectivity index (χ0) is 15.0. The summed E-state index contributed by atoms with van der Waals surface area (Å²) < 4.78 is 6.00. The van der Waals surface area contributed by atoms with Gasteiger partial charge in [-0.1, -0.05) is 62.2 Å². The third-order valence-corrected chi connectivity index (χ3v) is 3.76. The summed E-state index contributed by atoms with van der Waals surface area (Å²) in [5.74, 6) is 0. The summed E-state index contributed by atoms with van der Waals surface area (Å²) in [6.07, 6.45) is 12.8. The number of rotatable bonds is 7. The summed E-state index contributed by atoms with van der Waals surface area (Å²) in [6.45, 7) is 5.04. The van der Waals surface area contributed by atoms with E-state index in [9.17, 15) is 0 Å². The number of nitrogens with zero attached hydrogens (tertiary/aromatic N) is 1. The van der Waals surface area contributed by atoms with Crippen molar-refractivity contribution in [2.75, 3.05) is 6.61 Å². The monoisotopic (exact) mass is 283 g/mol.